The number of carbonyl (C=O) groups is 1. The minimum atomic E-state index is -1.13. The summed E-state index contributed by atoms with van der Waals surface area (Å²) in [6, 6.07) is 6.68. The molecule has 1 fully saturated rings. The average Bonchev–Trinajstić information content (AvgIpc) is 2.96. The number of nitrogens with zero attached hydrogens (tertiary/aromatic N) is 2. The molecular formula is C15H16N2O5. The van der Waals surface area contributed by atoms with Gasteiger partial charge in [0.1, 0.15) is 6.10 Å². The first-order chi connectivity index (χ1) is 10.6. The van der Waals surface area contributed by atoms with Crippen molar-refractivity contribution in [3.05, 3.63) is 30.0 Å². The lowest BCUT2D eigenvalue weighted by atomic mass is 10.1. The number of ether oxygens (including phenoxy) is 2. The van der Waals surface area contributed by atoms with Crippen LogP contribution in [0.3, 0.4) is 0 Å². The Morgan fingerprint density at radius 1 is 1.36 bits per heavy atom. The first-order valence-corrected chi connectivity index (χ1v) is 6.80. The molecule has 1 aromatic heterocycles. The molecule has 7 nitrogen and oxygen atoms in total. The normalized spacial score (nSPS) is 15.4. The van der Waals surface area contributed by atoms with E-state index in [4.69, 9.17) is 19.1 Å². The number of carboxylic acid groups (broad SMARTS) is 1. The van der Waals surface area contributed by atoms with Crippen molar-refractivity contribution in [2.24, 2.45) is 0 Å². The van der Waals surface area contributed by atoms with Crippen LogP contribution in [0.4, 0.5) is 0 Å². The lowest BCUT2D eigenvalue weighted by molar-refractivity contribution is 0.0370. The summed E-state index contributed by atoms with van der Waals surface area (Å²) >= 11 is 0. The van der Waals surface area contributed by atoms with E-state index in [-0.39, 0.29) is 11.8 Å². The number of carboxylic acids is 1. The van der Waals surface area contributed by atoms with E-state index in [1.807, 2.05) is 7.05 Å². The Labute approximate surface area is 127 Å². The van der Waals surface area contributed by atoms with Crippen LogP contribution in [0.25, 0.3) is 11.3 Å². The molecular weight excluding hydrogens is 288 g/mol. The maximum Gasteiger partial charge on any atom is 0.358 e. The zero-order chi connectivity index (χ0) is 15.7. The number of aromatic nitrogens is 1. The van der Waals surface area contributed by atoms with Gasteiger partial charge in [0, 0.05) is 24.7 Å². The van der Waals surface area contributed by atoms with Crippen LogP contribution in [0.2, 0.25) is 0 Å². The molecule has 116 valence electrons. The Hall–Kier alpha value is -2.54. The minimum absolute atomic E-state index is 0.133. The molecule has 0 saturated carbocycles. The van der Waals surface area contributed by atoms with Gasteiger partial charge in [0.2, 0.25) is 0 Å². The summed E-state index contributed by atoms with van der Waals surface area (Å²) in [5.74, 6) is 0.462. The monoisotopic (exact) mass is 304 g/mol. The summed E-state index contributed by atoms with van der Waals surface area (Å²) in [6.07, 6.45) is 0.161. The summed E-state index contributed by atoms with van der Waals surface area (Å²) in [6.45, 7) is 1.77. The number of likely N-dealkylation sites (N-methyl/N-ethyl adjacent to an activating group) is 1. The topological polar surface area (TPSA) is 85.0 Å². The van der Waals surface area contributed by atoms with Gasteiger partial charge in [0.15, 0.2) is 23.0 Å². The van der Waals surface area contributed by atoms with Gasteiger partial charge in [-0.25, -0.2) is 4.79 Å². The largest absolute Gasteiger partial charge is 0.493 e. The maximum absolute atomic E-state index is 10.8. The molecule has 1 N–H and O–H groups in total. The van der Waals surface area contributed by atoms with Crippen molar-refractivity contribution in [3.8, 4) is 22.8 Å². The molecule has 0 bridgehead atoms. The van der Waals surface area contributed by atoms with Crippen molar-refractivity contribution in [2.75, 3.05) is 27.2 Å². The maximum atomic E-state index is 10.8. The van der Waals surface area contributed by atoms with Crippen molar-refractivity contribution in [3.63, 3.8) is 0 Å². The number of likely N-dealkylation sites (tertiary alicyclic amines) is 1. The molecule has 1 saturated heterocycles. The highest BCUT2D eigenvalue weighted by atomic mass is 16.5. The molecule has 1 aliphatic rings. The molecule has 0 amide bonds. The Kier molecular flexibility index (Phi) is 3.72. The highest BCUT2D eigenvalue weighted by Crippen LogP contribution is 2.34. The lowest BCUT2D eigenvalue weighted by Crippen LogP contribution is -2.51. The zero-order valence-corrected chi connectivity index (χ0v) is 12.3. The van der Waals surface area contributed by atoms with E-state index in [1.165, 1.54) is 6.07 Å². The van der Waals surface area contributed by atoms with E-state index in [2.05, 4.69) is 10.1 Å². The predicted octanol–water partition coefficient (Wildman–Crippen LogP) is 1.74. The number of aromatic carboxylic acids is 1. The quantitative estimate of drug-likeness (QED) is 0.900. The van der Waals surface area contributed by atoms with Crippen LogP contribution in [0.1, 0.15) is 10.5 Å². The van der Waals surface area contributed by atoms with Crippen LogP contribution < -0.4 is 9.47 Å². The summed E-state index contributed by atoms with van der Waals surface area (Å²) in [4.78, 5) is 13.0. The van der Waals surface area contributed by atoms with Gasteiger partial charge in [-0.1, -0.05) is 5.16 Å². The number of hydrogen-bond acceptors (Lipinski definition) is 6. The van der Waals surface area contributed by atoms with Gasteiger partial charge >= 0.3 is 5.97 Å². The summed E-state index contributed by atoms with van der Waals surface area (Å²) in [5, 5.41) is 12.4. The number of benzene rings is 1. The third-order valence-corrected chi connectivity index (χ3v) is 3.50. The Bertz CT molecular complexity index is 691. The van der Waals surface area contributed by atoms with Crippen LogP contribution in [0, 0.1) is 0 Å². The molecule has 22 heavy (non-hydrogen) atoms. The zero-order valence-electron chi connectivity index (χ0n) is 12.3. The fourth-order valence-corrected chi connectivity index (χ4v) is 2.33. The van der Waals surface area contributed by atoms with Gasteiger partial charge in [-0.05, 0) is 25.2 Å². The third kappa shape index (κ3) is 2.75. The second-order valence-electron chi connectivity index (χ2n) is 5.21. The van der Waals surface area contributed by atoms with E-state index in [0.717, 1.165) is 13.1 Å². The Balaban J connectivity index is 1.82. The van der Waals surface area contributed by atoms with Crippen LogP contribution >= 0.6 is 0 Å². The van der Waals surface area contributed by atoms with Gasteiger partial charge in [-0.15, -0.1) is 0 Å². The second-order valence-corrected chi connectivity index (χ2v) is 5.21. The van der Waals surface area contributed by atoms with Crippen LogP contribution in [-0.4, -0.2) is 54.5 Å². The fraction of sp³-hybridized carbons (Fsp3) is 0.333. The number of hydrogen-bond donors (Lipinski definition) is 1. The molecule has 2 aromatic rings. The Morgan fingerprint density at radius 2 is 2.14 bits per heavy atom. The third-order valence-electron chi connectivity index (χ3n) is 3.50. The molecule has 0 unspecified atom stereocenters. The number of methoxy groups -OCH3 is 1. The van der Waals surface area contributed by atoms with Gasteiger partial charge in [-0.2, -0.15) is 0 Å². The fourth-order valence-electron chi connectivity index (χ4n) is 2.33. The molecule has 1 aliphatic heterocycles. The molecule has 1 aromatic carbocycles. The molecule has 7 heteroatoms. The first-order valence-electron chi connectivity index (χ1n) is 6.80. The van der Waals surface area contributed by atoms with Gasteiger partial charge < -0.3 is 19.1 Å². The van der Waals surface area contributed by atoms with E-state index < -0.39 is 5.97 Å². The predicted molar refractivity (Wildman–Crippen MR) is 77.4 cm³/mol. The first kappa shape index (κ1) is 14.4. The molecule has 0 radical (unpaired) electrons. The van der Waals surface area contributed by atoms with Crippen LogP contribution in [-0.2, 0) is 0 Å². The SMILES string of the molecule is COc1cc(-c2cc(C(=O)O)no2)ccc1OC1CN(C)C1. The Morgan fingerprint density at radius 3 is 2.73 bits per heavy atom. The molecule has 3 rings (SSSR count). The summed E-state index contributed by atoms with van der Waals surface area (Å²) < 4.78 is 16.3. The van der Waals surface area contributed by atoms with Crippen LogP contribution in [0.5, 0.6) is 11.5 Å². The van der Waals surface area contributed by atoms with Crippen molar-refractivity contribution in [2.45, 2.75) is 6.10 Å². The number of rotatable bonds is 5. The highest BCUT2D eigenvalue weighted by molar-refractivity contribution is 5.86. The van der Waals surface area contributed by atoms with Gasteiger partial charge in [0.05, 0.1) is 7.11 Å². The highest BCUT2D eigenvalue weighted by Gasteiger charge is 2.26. The standard InChI is InChI=1S/C15H16N2O5/c1-17-7-10(8-17)21-12-4-3-9(5-14(12)20-2)13-6-11(15(18)19)16-22-13/h3-6,10H,7-8H2,1-2H3,(H,18,19). The van der Waals surface area contributed by atoms with E-state index in [0.29, 0.717) is 22.8 Å². The molecule has 0 aliphatic carbocycles. The van der Waals surface area contributed by atoms with Crippen molar-refractivity contribution < 1.29 is 23.9 Å². The van der Waals surface area contributed by atoms with Crippen molar-refractivity contribution in [1.29, 1.82) is 0 Å². The lowest BCUT2D eigenvalue weighted by Gasteiger charge is -2.36. The minimum Gasteiger partial charge on any atom is -0.493 e. The molecule has 0 atom stereocenters. The summed E-state index contributed by atoms with van der Waals surface area (Å²) in [5.41, 5.74) is 0.543. The van der Waals surface area contributed by atoms with Gasteiger partial charge in [0.25, 0.3) is 0 Å². The van der Waals surface area contributed by atoms with E-state index in [1.54, 1.807) is 25.3 Å². The van der Waals surface area contributed by atoms with Crippen LogP contribution in [0.15, 0.2) is 28.8 Å². The average molecular weight is 304 g/mol. The summed E-state index contributed by atoms with van der Waals surface area (Å²) in [7, 11) is 3.59. The molecule has 2 heterocycles. The van der Waals surface area contributed by atoms with E-state index in [9.17, 15) is 4.79 Å². The smallest absolute Gasteiger partial charge is 0.358 e. The second kappa shape index (κ2) is 5.69. The van der Waals surface area contributed by atoms with Crippen molar-refractivity contribution >= 4 is 5.97 Å². The van der Waals surface area contributed by atoms with Gasteiger partial charge in [-0.3, -0.25) is 4.90 Å². The van der Waals surface area contributed by atoms with E-state index >= 15 is 0 Å². The molecule has 0 spiro atoms. The van der Waals surface area contributed by atoms with Crippen molar-refractivity contribution in [1.82, 2.24) is 10.1 Å².